The fraction of sp³-hybridized carbons (Fsp3) is 0.167. The second-order valence-corrected chi connectivity index (χ2v) is 9.64. The lowest BCUT2D eigenvalue weighted by Gasteiger charge is -2.11. The van der Waals surface area contributed by atoms with Gasteiger partial charge in [-0.05, 0) is 30.5 Å². The van der Waals surface area contributed by atoms with E-state index in [1.807, 2.05) is 13.0 Å². The SMILES string of the molecule is CCOc1ccccc1NC(=O)CSc1ncc(S(=O)(=O)c2cccs2)c(N)n1. The summed E-state index contributed by atoms with van der Waals surface area (Å²) in [7, 11) is -3.76. The molecule has 2 heterocycles. The highest BCUT2D eigenvalue weighted by Crippen LogP contribution is 2.29. The number of hydrogen-bond donors (Lipinski definition) is 2. The maximum absolute atomic E-state index is 12.5. The number of anilines is 2. The van der Waals surface area contributed by atoms with E-state index in [4.69, 9.17) is 10.5 Å². The normalized spacial score (nSPS) is 11.2. The van der Waals surface area contributed by atoms with Gasteiger partial charge in [0.1, 0.15) is 20.7 Å². The number of nitrogens with two attached hydrogens (primary N) is 1. The summed E-state index contributed by atoms with van der Waals surface area (Å²) < 4.78 is 30.7. The summed E-state index contributed by atoms with van der Waals surface area (Å²) in [6.07, 6.45) is 1.17. The fourth-order valence-electron chi connectivity index (χ4n) is 2.34. The molecule has 0 saturated heterocycles. The minimum absolute atomic E-state index is 0.0247. The van der Waals surface area contributed by atoms with Gasteiger partial charge in [0.25, 0.3) is 0 Å². The van der Waals surface area contributed by atoms with E-state index in [1.54, 1.807) is 29.6 Å². The van der Waals surface area contributed by atoms with Crippen molar-refractivity contribution in [1.82, 2.24) is 9.97 Å². The number of hydrogen-bond acceptors (Lipinski definition) is 9. The van der Waals surface area contributed by atoms with Crippen LogP contribution in [0.5, 0.6) is 5.75 Å². The molecule has 1 amide bonds. The molecule has 11 heteroatoms. The number of aromatic nitrogens is 2. The van der Waals surface area contributed by atoms with Crippen molar-refractivity contribution in [3.05, 3.63) is 48.0 Å². The number of sulfone groups is 1. The molecule has 0 aliphatic heterocycles. The summed E-state index contributed by atoms with van der Waals surface area (Å²) in [4.78, 5) is 20.1. The van der Waals surface area contributed by atoms with Crippen molar-refractivity contribution >= 4 is 50.3 Å². The summed E-state index contributed by atoms with van der Waals surface area (Å²) >= 11 is 2.14. The van der Waals surface area contributed by atoms with E-state index < -0.39 is 9.84 Å². The molecule has 152 valence electrons. The molecular formula is C18H18N4O4S3. The van der Waals surface area contributed by atoms with Crippen molar-refractivity contribution in [2.24, 2.45) is 0 Å². The molecule has 0 radical (unpaired) electrons. The number of nitrogens with zero attached hydrogens (tertiary/aromatic N) is 2. The molecule has 0 bridgehead atoms. The Kier molecular flexibility index (Phi) is 6.72. The van der Waals surface area contributed by atoms with Crippen LogP contribution in [0.2, 0.25) is 0 Å². The van der Waals surface area contributed by atoms with Crippen LogP contribution in [0.15, 0.2) is 62.2 Å². The summed E-state index contributed by atoms with van der Waals surface area (Å²) in [6.45, 7) is 2.34. The number of para-hydroxylation sites is 2. The topological polar surface area (TPSA) is 124 Å². The Morgan fingerprint density at radius 2 is 2.07 bits per heavy atom. The van der Waals surface area contributed by atoms with E-state index in [0.717, 1.165) is 23.1 Å². The Morgan fingerprint density at radius 1 is 1.28 bits per heavy atom. The molecule has 0 aliphatic carbocycles. The largest absolute Gasteiger partial charge is 0.492 e. The van der Waals surface area contributed by atoms with Crippen LogP contribution >= 0.6 is 23.1 Å². The zero-order chi connectivity index (χ0) is 20.9. The molecule has 3 rings (SSSR count). The van der Waals surface area contributed by atoms with Crippen molar-refractivity contribution in [2.75, 3.05) is 23.4 Å². The quantitative estimate of drug-likeness (QED) is 0.396. The van der Waals surface area contributed by atoms with Crippen molar-refractivity contribution in [2.45, 2.75) is 21.2 Å². The van der Waals surface area contributed by atoms with Gasteiger partial charge in [-0.1, -0.05) is 30.0 Å². The van der Waals surface area contributed by atoms with E-state index in [-0.39, 0.29) is 31.7 Å². The maximum Gasteiger partial charge on any atom is 0.234 e. The average molecular weight is 451 g/mol. The van der Waals surface area contributed by atoms with Gasteiger partial charge in [-0.2, -0.15) is 0 Å². The van der Waals surface area contributed by atoms with E-state index in [1.165, 1.54) is 12.3 Å². The number of thiophene rings is 1. The number of rotatable bonds is 8. The number of carbonyl (C=O) groups is 1. The Balaban J connectivity index is 1.66. The lowest BCUT2D eigenvalue weighted by molar-refractivity contribution is -0.113. The van der Waals surface area contributed by atoms with Gasteiger partial charge in [-0.25, -0.2) is 18.4 Å². The van der Waals surface area contributed by atoms with Gasteiger partial charge in [0.05, 0.1) is 24.2 Å². The molecule has 0 aliphatic rings. The first-order chi connectivity index (χ1) is 13.9. The van der Waals surface area contributed by atoms with Crippen LogP contribution in [0.1, 0.15) is 6.92 Å². The van der Waals surface area contributed by atoms with E-state index in [2.05, 4.69) is 15.3 Å². The Labute approximate surface area is 176 Å². The molecule has 0 unspecified atom stereocenters. The van der Waals surface area contributed by atoms with Gasteiger partial charge in [0.15, 0.2) is 5.16 Å². The van der Waals surface area contributed by atoms with Crippen LogP contribution in [0.4, 0.5) is 11.5 Å². The summed E-state index contributed by atoms with van der Waals surface area (Å²) in [6, 6.07) is 10.3. The molecule has 0 fully saturated rings. The van der Waals surface area contributed by atoms with Gasteiger partial charge >= 0.3 is 0 Å². The molecule has 29 heavy (non-hydrogen) atoms. The standard InChI is InChI=1S/C18H18N4O4S3/c1-2-26-13-7-4-3-6-12(13)21-15(23)11-28-18-20-10-14(17(19)22-18)29(24,25)16-8-5-9-27-16/h3-10H,2,11H2,1H3,(H,21,23)(H2,19,20,22). The molecule has 0 spiro atoms. The van der Waals surface area contributed by atoms with Gasteiger partial charge in [-0.15, -0.1) is 11.3 Å². The van der Waals surface area contributed by atoms with Crippen LogP contribution < -0.4 is 15.8 Å². The van der Waals surface area contributed by atoms with Crippen molar-refractivity contribution < 1.29 is 17.9 Å². The van der Waals surface area contributed by atoms with E-state index >= 15 is 0 Å². The van der Waals surface area contributed by atoms with Crippen LogP contribution in [-0.4, -0.2) is 36.7 Å². The average Bonchev–Trinajstić information content (AvgIpc) is 3.24. The number of amides is 1. The Hall–Kier alpha value is -2.63. The lowest BCUT2D eigenvalue weighted by Crippen LogP contribution is -2.15. The van der Waals surface area contributed by atoms with E-state index in [9.17, 15) is 13.2 Å². The molecule has 2 aromatic heterocycles. The predicted molar refractivity (Wildman–Crippen MR) is 113 cm³/mol. The van der Waals surface area contributed by atoms with Gasteiger partial charge in [0.2, 0.25) is 15.7 Å². The number of benzene rings is 1. The molecular weight excluding hydrogens is 432 g/mol. The van der Waals surface area contributed by atoms with Crippen LogP contribution in [0.25, 0.3) is 0 Å². The Morgan fingerprint density at radius 3 is 2.76 bits per heavy atom. The number of thioether (sulfide) groups is 1. The monoisotopic (exact) mass is 450 g/mol. The first-order valence-corrected chi connectivity index (χ1v) is 11.8. The number of carbonyl (C=O) groups excluding carboxylic acids is 1. The number of ether oxygens (including phenoxy) is 1. The van der Waals surface area contributed by atoms with E-state index in [0.29, 0.717) is 18.0 Å². The van der Waals surface area contributed by atoms with Gasteiger partial charge in [-0.3, -0.25) is 4.79 Å². The second kappa shape index (κ2) is 9.25. The van der Waals surface area contributed by atoms with Crippen molar-refractivity contribution in [3.63, 3.8) is 0 Å². The minimum Gasteiger partial charge on any atom is -0.492 e. The molecule has 3 N–H and O–H groups in total. The first-order valence-electron chi connectivity index (χ1n) is 8.47. The smallest absolute Gasteiger partial charge is 0.234 e. The zero-order valence-electron chi connectivity index (χ0n) is 15.4. The third kappa shape index (κ3) is 5.05. The Bertz CT molecular complexity index is 1100. The molecule has 1 aromatic carbocycles. The van der Waals surface area contributed by atoms with Crippen LogP contribution in [-0.2, 0) is 14.6 Å². The first kappa shape index (κ1) is 21.1. The maximum atomic E-state index is 12.5. The predicted octanol–water partition coefficient (Wildman–Crippen LogP) is 3.08. The summed E-state index contributed by atoms with van der Waals surface area (Å²) in [5.74, 6) is 0.172. The van der Waals surface area contributed by atoms with Crippen LogP contribution in [0.3, 0.4) is 0 Å². The van der Waals surface area contributed by atoms with Crippen molar-refractivity contribution in [3.8, 4) is 5.75 Å². The molecule has 3 aromatic rings. The lowest BCUT2D eigenvalue weighted by atomic mass is 10.3. The molecule has 0 atom stereocenters. The summed E-state index contributed by atoms with van der Waals surface area (Å²) in [5, 5.41) is 4.64. The fourth-order valence-corrected chi connectivity index (χ4v) is 5.34. The van der Waals surface area contributed by atoms with Gasteiger partial charge < -0.3 is 15.8 Å². The highest BCUT2D eigenvalue weighted by atomic mass is 32.2. The van der Waals surface area contributed by atoms with Crippen LogP contribution in [0, 0.1) is 0 Å². The third-order valence-electron chi connectivity index (χ3n) is 3.60. The number of nitrogen functional groups attached to an aromatic ring is 1. The zero-order valence-corrected chi connectivity index (χ0v) is 17.8. The third-order valence-corrected chi connectivity index (χ3v) is 7.63. The highest BCUT2D eigenvalue weighted by molar-refractivity contribution is 7.99. The summed E-state index contributed by atoms with van der Waals surface area (Å²) in [5.41, 5.74) is 6.41. The highest BCUT2D eigenvalue weighted by Gasteiger charge is 2.23. The number of nitrogens with one attached hydrogen (secondary N) is 1. The second-order valence-electron chi connectivity index (χ2n) is 5.60. The molecule has 8 nitrogen and oxygen atoms in total. The van der Waals surface area contributed by atoms with Crippen molar-refractivity contribution in [1.29, 1.82) is 0 Å². The molecule has 0 saturated carbocycles. The van der Waals surface area contributed by atoms with Gasteiger partial charge in [0, 0.05) is 0 Å². The minimum atomic E-state index is -3.76.